The van der Waals surface area contributed by atoms with Gasteiger partial charge in [0.15, 0.2) is 0 Å². The van der Waals surface area contributed by atoms with Gasteiger partial charge in [-0.15, -0.1) is 0 Å². The van der Waals surface area contributed by atoms with Gasteiger partial charge in [0.2, 0.25) is 5.91 Å². The number of likely N-dealkylation sites (tertiary alicyclic amines) is 1. The van der Waals surface area contributed by atoms with Crippen LogP contribution in [-0.4, -0.2) is 67.6 Å². The van der Waals surface area contributed by atoms with Gasteiger partial charge in [0, 0.05) is 18.1 Å². The minimum absolute atomic E-state index is 0.0481. The van der Waals surface area contributed by atoms with Crippen molar-refractivity contribution in [1.29, 1.82) is 0 Å². The van der Waals surface area contributed by atoms with Gasteiger partial charge >= 0.3 is 5.97 Å². The highest BCUT2D eigenvalue weighted by Crippen LogP contribution is 2.19. The SMILES string of the molecule is CCOC(=O)C1CCCCN1C(=O)CN(C)CCOc1cccc(Cl)c1. The molecule has 0 N–H and O–H groups in total. The second kappa shape index (κ2) is 10.4. The summed E-state index contributed by atoms with van der Waals surface area (Å²) in [6.07, 6.45) is 2.53. The number of nitrogens with zero attached hydrogens (tertiary/aromatic N) is 2. The van der Waals surface area contributed by atoms with Crippen molar-refractivity contribution in [3.8, 4) is 5.75 Å². The van der Waals surface area contributed by atoms with Gasteiger partial charge in [-0.05, 0) is 51.4 Å². The molecule has 0 radical (unpaired) electrons. The summed E-state index contributed by atoms with van der Waals surface area (Å²) >= 11 is 5.92. The first-order valence-electron chi connectivity index (χ1n) is 9.04. The average molecular weight is 383 g/mol. The maximum Gasteiger partial charge on any atom is 0.328 e. The van der Waals surface area contributed by atoms with Crippen LogP contribution in [0.25, 0.3) is 0 Å². The number of esters is 1. The Balaban J connectivity index is 1.80. The second-order valence-electron chi connectivity index (χ2n) is 6.39. The summed E-state index contributed by atoms with van der Waals surface area (Å²) in [4.78, 5) is 28.3. The Kier molecular flexibility index (Phi) is 8.19. The smallest absolute Gasteiger partial charge is 0.328 e. The molecule has 7 heteroatoms. The van der Waals surface area contributed by atoms with E-state index in [0.29, 0.717) is 43.5 Å². The van der Waals surface area contributed by atoms with Crippen LogP contribution in [0.4, 0.5) is 0 Å². The molecule has 0 saturated carbocycles. The molecule has 0 aliphatic carbocycles. The molecule has 1 heterocycles. The maximum absolute atomic E-state index is 12.6. The number of carbonyl (C=O) groups is 2. The number of hydrogen-bond acceptors (Lipinski definition) is 5. The van der Waals surface area contributed by atoms with Crippen molar-refractivity contribution < 1.29 is 19.1 Å². The summed E-state index contributed by atoms with van der Waals surface area (Å²) in [7, 11) is 1.86. The predicted molar refractivity (Wildman–Crippen MR) is 100 cm³/mol. The van der Waals surface area contributed by atoms with Gasteiger partial charge in [-0.1, -0.05) is 17.7 Å². The normalized spacial score (nSPS) is 17.2. The van der Waals surface area contributed by atoms with Gasteiger partial charge in [0.1, 0.15) is 18.4 Å². The molecule has 26 heavy (non-hydrogen) atoms. The van der Waals surface area contributed by atoms with Crippen molar-refractivity contribution in [3.63, 3.8) is 0 Å². The van der Waals surface area contributed by atoms with Crippen LogP contribution >= 0.6 is 11.6 Å². The Morgan fingerprint density at radius 2 is 2.15 bits per heavy atom. The average Bonchev–Trinajstić information content (AvgIpc) is 2.62. The molecule has 144 valence electrons. The lowest BCUT2D eigenvalue weighted by molar-refractivity contribution is -0.157. The minimum atomic E-state index is -0.452. The van der Waals surface area contributed by atoms with E-state index in [0.717, 1.165) is 12.8 Å². The predicted octanol–water partition coefficient (Wildman–Crippen LogP) is 2.59. The Bertz CT molecular complexity index is 611. The fraction of sp³-hybridized carbons (Fsp3) is 0.579. The van der Waals surface area contributed by atoms with Crippen LogP contribution in [0, 0.1) is 0 Å². The molecule has 1 aliphatic rings. The van der Waals surface area contributed by atoms with Crippen molar-refractivity contribution in [2.75, 3.05) is 39.9 Å². The molecular formula is C19H27ClN2O4. The first-order chi connectivity index (χ1) is 12.5. The summed E-state index contributed by atoms with van der Waals surface area (Å²) < 4.78 is 10.8. The van der Waals surface area contributed by atoms with Crippen LogP contribution in [0.3, 0.4) is 0 Å². The van der Waals surface area contributed by atoms with Crippen LogP contribution in [-0.2, 0) is 14.3 Å². The Labute approximate surface area is 160 Å². The standard InChI is InChI=1S/C19H27ClN2O4/c1-3-25-19(24)17-9-4-5-10-22(17)18(23)14-21(2)11-12-26-16-8-6-7-15(20)13-16/h6-8,13,17H,3-5,9-12,14H2,1-2H3. The molecule has 1 aromatic rings. The van der Waals surface area contributed by atoms with Crippen LogP contribution in [0.15, 0.2) is 24.3 Å². The highest BCUT2D eigenvalue weighted by atomic mass is 35.5. The van der Waals surface area contributed by atoms with Gasteiger partial charge < -0.3 is 14.4 Å². The Morgan fingerprint density at radius 3 is 2.88 bits per heavy atom. The first kappa shape index (κ1) is 20.5. The molecule has 0 bridgehead atoms. The number of amides is 1. The zero-order valence-electron chi connectivity index (χ0n) is 15.4. The van der Waals surface area contributed by atoms with E-state index >= 15 is 0 Å². The lowest BCUT2D eigenvalue weighted by Crippen LogP contribution is -2.51. The number of ether oxygens (including phenoxy) is 2. The molecule has 6 nitrogen and oxygen atoms in total. The summed E-state index contributed by atoms with van der Waals surface area (Å²) in [6, 6.07) is 6.76. The highest BCUT2D eigenvalue weighted by molar-refractivity contribution is 6.30. The third-order valence-electron chi connectivity index (χ3n) is 4.32. The van der Waals surface area contributed by atoms with Gasteiger partial charge in [0.25, 0.3) is 0 Å². The number of piperidine rings is 1. The zero-order chi connectivity index (χ0) is 18.9. The molecule has 1 atom stereocenters. The van der Waals surface area contributed by atoms with E-state index < -0.39 is 6.04 Å². The molecule has 1 saturated heterocycles. The fourth-order valence-corrected chi connectivity index (χ4v) is 3.17. The van der Waals surface area contributed by atoms with Gasteiger partial charge in [-0.2, -0.15) is 0 Å². The molecule has 1 unspecified atom stereocenters. The quantitative estimate of drug-likeness (QED) is 0.647. The van der Waals surface area contributed by atoms with Gasteiger partial charge in [-0.25, -0.2) is 4.79 Å². The number of benzene rings is 1. The van der Waals surface area contributed by atoms with Gasteiger partial charge in [0.05, 0.1) is 13.2 Å². The van der Waals surface area contributed by atoms with E-state index in [9.17, 15) is 9.59 Å². The van der Waals surface area contributed by atoms with E-state index in [2.05, 4.69) is 0 Å². The summed E-state index contributed by atoms with van der Waals surface area (Å²) in [5.41, 5.74) is 0. The molecular weight excluding hydrogens is 356 g/mol. The molecule has 1 amide bonds. The molecule has 0 spiro atoms. The number of likely N-dealkylation sites (N-methyl/N-ethyl adjacent to an activating group) is 1. The number of rotatable bonds is 8. The van der Waals surface area contributed by atoms with E-state index in [4.69, 9.17) is 21.1 Å². The van der Waals surface area contributed by atoms with Crippen molar-refractivity contribution in [2.24, 2.45) is 0 Å². The largest absolute Gasteiger partial charge is 0.492 e. The van der Waals surface area contributed by atoms with Crippen LogP contribution < -0.4 is 4.74 Å². The fourth-order valence-electron chi connectivity index (χ4n) is 2.99. The summed E-state index contributed by atoms with van der Waals surface area (Å²) in [5, 5.41) is 0.626. The van der Waals surface area contributed by atoms with Crippen molar-refractivity contribution in [2.45, 2.75) is 32.2 Å². The Hall–Kier alpha value is -1.79. The topological polar surface area (TPSA) is 59.1 Å². The van der Waals surface area contributed by atoms with Crippen LogP contribution in [0.2, 0.25) is 5.02 Å². The number of halogens is 1. The number of carbonyl (C=O) groups excluding carboxylic acids is 2. The molecule has 2 rings (SSSR count). The van der Waals surface area contributed by atoms with Crippen LogP contribution in [0.5, 0.6) is 5.75 Å². The molecule has 1 aliphatic heterocycles. The monoisotopic (exact) mass is 382 g/mol. The lowest BCUT2D eigenvalue weighted by atomic mass is 10.0. The molecule has 1 fully saturated rings. The second-order valence-corrected chi connectivity index (χ2v) is 6.83. The van der Waals surface area contributed by atoms with E-state index in [1.807, 2.05) is 24.1 Å². The maximum atomic E-state index is 12.6. The lowest BCUT2D eigenvalue weighted by Gasteiger charge is -2.35. The third kappa shape index (κ3) is 6.18. The van der Waals surface area contributed by atoms with Crippen molar-refractivity contribution >= 4 is 23.5 Å². The van der Waals surface area contributed by atoms with Crippen molar-refractivity contribution in [1.82, 2.24) is 9.80 Å². The zero-order valence-corrected chi connectivity index (χ0v) is 16.2. The van der Waals surface area contributed by atoms with E-state index in [-0.39, 0.29) is 18.4 Å². The van der Waals surface area contributed by atoms with Gasteiger partial charge in [-0.3, -0.25) is 9.69 Å². The van der Waals surface area contributed by atoms with Crippen LogP contribution in [0.1, 0.15) is 26.2 Å². The summed E-state index contributed by atoms with van der Waals surface area (Å²) in [5.74, 6) is 0.358. The number of hydrogen-bond donors (Lipinski definition) is 0. The molecule has 0 aromatic heterocycles. The molecule has 1 aromatic carbocycles. The Morgan fingerprint density at radius 1 is 1.35 bits per heavy atom. The van der Waals surface area contributed by atoms with E-state index in [1.165, 1.54) is 0 Å². The third-order valence-corrected chi connectivity index (χ3v) is 4.56. The van der Waals surface area contributed by atoms with Crippen molar-refractivity contribution in [3.05, 3.63) is 29.3 Å². The summed E-state index contributed by atoms with van der Waals surface area (Å²) in [6.45, 7) is 4.00. The highest BCUT2D eigenvalue weighted by Gasteiger charge is 2.33. The minimum Gasteiger partial charge on any atom is -0.492 e. The van der Waals surface area contributed by atoms with E-state index in [1.54, 1.807) is 24.0 Å². The first-order valence-corrected chi connectivity index (χ1v) is 9.42.